The number of epoxide rings is 1. The fraction of sp³-hybridized carbons (Fsp3) is 0.842. The Hall–Kier alpha value is -0.910. The van der Waals surface area contributed by atoms with Crippen molar-refractivity contribution in [2.45, 2.75) is 77.0 Å². The fourth-order valence-corrected chi connectivity index (χ4v) is 5.76. The maximum absolute atomic E-state index is 12.1. The minimum atomic E-state index is -0.362. The van der Waals surface area contributed by atoms with Crippen LogP contribution in [-0.4, -0.2) is 47.7 Å². The van der Waals surface area contributed by atoms with Gasteiger partial charge in [0.05, 0.1) is 24.9 Å². The zero-order valence-corrected chi connectivity index (χ0v) is 15.0. The standard InChI is InChI=1S/C19H28O5/c1-5-6-16(21)24-14-8-15-19(10-22-19)18(14,4)17(3)9-12(20)11(2)7-13(17)23-15/h5-6,11-15,20H,7-10H2,1-4H3. The van der Waals surface area contributed by atoms with E-state index in [4.69, 9.17) is 14.2 Å². The van der Waals surface area contributed by atoms with E-state index in [1.807, 2.05) is 0 Å². The van der Waals surface area contributed by atoms with Crippen LogP contribution in [0.2, 0.25) is 0 Å². The van der Waals surface area contributed by atoms with E-state index in [-0.39, 0.29) is 52.7 Å². The van der Waals surface area contributed by atoms with Crippen molar-refractivity contribution in [2.75, 3.05) is 6.61 Å². The quantitative estimate of drug-likeness (QED) is 0.476. The summed E-state index contributed by atoms with van der Waals surface area (Å²) >= 11 is 0. The Bertz CT molecular complexity index is 582. The molecule has 0 aromatic carbocycles. The summed E-state index contributed by atoms with van der Waals surface area (Å²) in [7, 11) is 0. The summed E-state index contributed by atoms with van der Waals surface area (Å²) in [4.78, 5) is 12.1. The largest absolute Gasteiger partial charge is 0.458 e. The highest BCUT2D eigenvalue weighted by Gasteiger charge is 2.82. The van der Waals surface area contributed by atoms with Gasteiger partial charge in [-0.15, -0.1) is 0 Å². The SMILES string of the molecule is CC=CC(=O)OC1CC2OC3CC(C)C(O)CC3(C)C1(C)C21CO1. The summed E-state index contributed by atoms with van der Waals surface area (Å²) in [5, 5.41) is 10.6. The van der Waals surface area contributed by atoms with Gasteiger partial charge in [-0.25, -0.2) is 4.79 Å². The summed E-state index contributed by atoms with van der Waals surface area (Å²) in [5.41, 5.74) is -0.978. The molecule has 8 unspecified atom stereocenters. The number of ether oxygens (including phenoxy) is 3. The number of carbonyl (C=O) groups excluding carboxylic acids is 1. The third kappa shape index (κ3) is 1.84. The number of carbonyl (C=O) groups is 1. The van der Waals surface area contributed by atoms with E-state index in [0.29, 0.717) is 19.4 Å². The zero-order valence-electron chi connectivity index (χ0n) is 15.0. The molecule has 4 fully saturated rings. The summed E-state index contributed by atoms with van der Waals surface area (Å²) in [6.45, 7) is 8.92. The third-order valence-corrected chi connectivity index (χ3v) is 7.59. The predicted octanol–water partition coefficient (Wildman–Crippen LogP) is 2.22. The van der Waals surface area contributed by atoms with Crippen LogP contribution < -0.4 is 0 Å². The van der Waals surface area contributed by atoms with Crippen LogP contribution in [0.15, 0.2) is 12.2 Å². The molecular weight excluding hydrogens is 308 g/mol. The topological polar surface area (TPSA) is 68.3 Å². The van der Waals surface area contributed by atoms with Gasteiger partial charge in [0.15, 0.2) is 0 Å². The normalized spacial score (nSPS) is 55.6. The number of hydrogen-bond donors (Lipinski definition) is 1. The Morgan fingerprint density at radius 3 is 2.62 bits per heavy atom. The summed E-state index contributed by atoms with van der Waals surface area (Å²) in [5.74, 6) is -0.0822. The molecule has 8 atom stereocenters. The first-order valence-corrected chi connectivity index (χ1v) is 9.09. The van der Waals surface area contributed by atoms with Gasteiger partial charge >= 0.3 is 5.97 Å². The number of hydrogen-bond acceptors (Lipinski definition) is 5. The predicted molar refractivity (Wildman–Crippen MR) is 87.3 cm³/mol. The molecule has 2 aliphatic heterocycles. The lowest BCUT2D eigenvalue weighted by atomic mass is 9.50. The van der Waals surface area contributed by atoms with E-state index in [0.717, 1.165) is 6.42 Å². The molecule has 2 bridgehead atoms. The maximum atomic E-state index is 12.1. The highest BCUT2D eigenvalue weighted by atomic mass is 16.6. The fourth-order valence-electron chi connectivity index (χ4n) is 5.76. The molecule has 4 aliphatic rings. The number of fused-ring (bicyclic) bond motifs is 2. The Morgan fingerprint density at radius 2 is 2.00 bits per heavy atom. The smallest absolute Gasteiger partial charge is 0.330 e. The van der Waals surface area contributed by atoms with E-state index in [1.165, 1.54) is 6.08 Å². The minimum absolute atomic E-state index is 0.0218. The summed E-state index contributed by atoms with van der Waals surface area (Å²) in [6.07, 6.45) is 4.79. The zero-order chi connectivity index (χ0) is 17.3. The molecule has 5 nitrogen and oxygen atoms in total. The number of aliphatic hydroxyl groups is 1. The lowest BCUT2D eigenvalue weighted by Crippen LogP contribution is -2.66. The first kappa shape index (κ1) is 16.6. The third-order valence-electron chi connectivity index (χ3n) is 7.59. The van der Waals surface area contributed by atoms with Crippen molar-refractivity contribution in [1.82, 2.24) is 0 Å². The molecule has 1 N–H and O–H groups in total. The van der Waals surface area contributed by atoms with Gasteiger partial charge < -0.3 is 19.3 Å². The number of esters is 1. The molecule has 2 saturated heterocycles. The Morgan fingerprint density at radius 1 is 1.29 bits per heavy atom. The molecule has 134 valence electrons. The second kappa shape index (κ2) is 5.05. The average molecular weight is 336 g/mol. The molecule has 0 amide bonds. The van der Waals surface area contributed by atoms with Crippen LogP contribution >= 0.6 is 0 Å². The van der Waals surface area contributed by atoms with Crippen molar-refractivity contribution in [3.63, 3.8) is 0 Å². The Labute approximate surface area is 143 Å². The highest BCUT2D eigenvalue weighted by molar-refractivity contribution is 5.82. The number of aliphatic hydroxyl groups excluding tert-OH is 1. The van der Waals surface area contributed by atoms with Crippen LogP contribution in [0.4, 0.5) is 0 Å². The van der Waals surface area contributed by atoms with E-state index < -0.39 is 0 Å². The van der Waals surface area contributed by atoms with Crippen LogP contribution in [-0.2, 0) is 19.0 Å². The first-order valence-electron chi connectivity index (χ1n) is 9.09. The molecular formula is C19H28O5. The van der Waals surface area contributed by atoms with E-state index in [9.17, 15) is 9.90 Å². The second-order valence-corrected chi connectivity index (χ2v) is 8.56. The van der Waals surface area contributed by atoms with Gasteiger partial charge in [0.1, 0.15) is 11.7 Å². The molecule has 0 aromatic heterocycles. The second-order valence-electron chi connectivity index (χ2n) is 8.56. The van der Waals surface area contributed by atoms with Crippen LogP contribution in [0.25, 0.3) is 0 Å². The van der Waals surface area contributed by atoms with Gasteiger partial charge in [-0.3, -0.25) is 0 Å². The van der Waals surface area contributed by atoms with Crippen molar-refractivity contribution < 1.29 is 24.1 Å². The van der Waals surface area contributed by atoms with Gasteiger partial charge in [-0.05, 0) is 25.7 Å². The van der Waals surface area contributed by atoms with Gasteiger partial charge in [0, 0.05) is 23.3 Å². The van der Waals surface area contributed by atoms with Crippen LogP contribution in [0, 0.1) is 16.7 Å². The van der Waals surface area contributed by atoms with Crippen LogP contribution in [0.5, 0.6) is 0 Å². The van der Waals surface area contributed by atoms with E-state index in [1.54, 1.807) is 13.0 Å². The molecule has 5 heteroatoms. The van der Waals surface area contributed by atoms with Crippen molar-refractivity contribution >= 4 is 5.97 Å². The van der Waals surface area contributed by atoms with Gasteiger partial charge in [-0.1, -0.05) is 26.8 Å². The summed E-state index contributed by atoms with van der Waals surface area (Å²) < 4.78 is 18.3. The van der Waals surface area contributed by atoms with Gasteiger partial charge in [0.25, 0.3) is 0 Å². The van der Waals surface area contributed by atoms with Crippen molar-refractivity contribution in [1.29, 1.82) is 0 Å². The summed E-state index contributed by atoms with van der Waals surface area (Å²) in [6, 6.07) is 0. The monoisotopic (exact) mass is 336 g/mol. The number of allylic oxidation sites excluding steroid dienone is 1. The van der Waals surface area contributed by atoms with E-state index in [2.05, 4.69) is 20.8 Å². The van der Waals surface area contributed by atoms with Gasteiger partial charge in [-0.2, -0.15) is 0 Å². The highest BCUT2D eigenvalue weighted by Crippen LogP contribution is 2.72. The molecule has 0 radical (unpaired) electrons. The molecule has 2 saturated carbocycles. The molecule has 24 heavy (non-hydrogen) atoms. The molecule has 0 aromatic rings. The van der Waals surface area contributed by atoms with Crippen molar-refractivity contribution in [2.24, 2.45) is 16.7 Å². The lowest BCUT2D eigenvalue weighted by molar-refractivity contribution is -0.248. The van der Waals surface area contributed by atoms with Crippen LogP contribution in [0.3, 0.4) is 0 Å². The average Bonchev–Trinajstić information content (AvgIpc) is 3.27. The van der Waals surface area contributed by atoms with Gasteiger partial charge in [0.2, 0.25) is 0 Å². The minimum Gasteiger partial charge on any atom is -0.458 e. The van der Waals surface area contributed by atoms with E-state index >= 15 is 0 Å². The van der Waals surface area contributed by atoms with Crippen LogP contribution in [0.1, 0.15) is 47.0 Å². The Balaban J connectivity index is 1.73. The Kier molecular flexibility index (Phi) is 3.49. The molecule has 2 heterocycles. The molecule has 2 aliphatic carbocycles. The van der Waals surface area contributed by atoms with Crippen molar-refractivity contribution in [3.8, 4) is 0 Å². The lowest BCUT2D eigenvalue weighted by Gasteiger charge is -2.60. The van der Waals surface area contributed by atoms with Crippen molar-refractivity contribution in [3.05, 3.63) is 12.2 Å². The maximum Gasteiger partial charge on any atom is 0.330 e. The number of rotatable bonds is 2. The molecule has 1 spiro atoms. The first-order chi connectivity index (χ1) is 11.3. The molecule has 4 rings (SSSR count).